The Bertz CT molecular complexity index is 1170. The summed E-state index contributed by atoms with van der Waals surface area (Å²) in [4.78, 5) is 30.2. The molecule has 1 aliphatic rings. The molecule has 2 heterocycles. The fourth-order valence-electron chi connectivity index (χ4n) is 3.93. The molecule has 0 radical (unpaired) electrons. The van der Waals surface area contributed by atoms with Gasteiger partial charge in [0.25, 0.3) is 0 Å². The van der Waals surface area contributed by atoms with Crippen molar-refractivity contribution >= 4 is 17.5 Å². The first-order valence-corrected chi connectivity index (χ1v) is 11.3. The van der Waals surface area contributed by atoms with Gasteiger partial charge in [-0.15, -0.1) is 10.2 Å². The summed E-state index contributed by atoms with van der Waals surface area (Å²) in [5.74, 6) is -0.124. The molecule has 1 fully saturated rings. The van der Waals surface area contributed by atoms with Crippen LogP contribution >= 0.6 is 0 Å². The second-order valence-corrected chi connectivity index (χ2v) is 8.32. The highest BCUT2D eigenvalue weighted by atomic mass is 19.1. The summed E-state index contributed by atoms with van der Waals surface area (Å²) in [5.41, 5.74) is 3.09. The van der Waals surface area contributed by atoms with E-state index in [-0.39, 0.29) is 30.7 Å². The predicted molar refractivity (Wildman–Crippen MR) is 125 cm³/mol. The normalized spacial score (nSPS) is 14.3. The van der Waals surface area contributed by atoms with Crippen LogP contribution in [-0.2, 0) is 22.6 Å². The van der Waals surface area contributed by atoms with E-state index in [4.69, 9.17) is 0 Å². The zero-order valence-electron chi connectivity index (χ0n) is 19.4. The van der Waals surface area contributed by atoms with Gasteiger partial charge in [-0.3, -0.25) is 14.5 Å². The standard InChI is InChI=1S/C24H28FN7O2/c1-3-18-6-4-5-7-21(18)26-22(33)15-30-10-12-31(13-11-30)23(34)16-32-28-24(27-29-32)19-8-9-20(25)17(2)14-19/h4-9,14H,3,10-13,15-16H2,1-2H3,(H,26,33). The van der Waals surface area contributed by atoms with Crippen LogP contribution in [0.5, 0.6) is 0 Å². The molecule has 0 atom stereocenters. The minimum absolute atomic E-state index is 0.0263. The number of amides is 2. The van der Waals surface area contributed by atoms with Crippen LogP contribution in [0.1, 0.15) is 18.1 Å². The number of anilines is 1. The van der Waals surface area contributed by atoms with E-state index >= 15 is 0 Å². The number of tetrazole rings is 1. The highest BCUT2D eigenvalue weighted by Crippen LogP contribution is 2.18. The SMILES string of the molecule is CCc1ccccc1NC(=O)CN1CCN(C(=O)Cn2nnc(-c3ccc(F)c(C)c3)n2)CC1. The number of nitrogens with zero attached hydrogens (tertiary/aromatic N) is 6. The summed E-state index contributed by atoms with van der Waals surface area (Å²) >= 11 is 0. The molecule has 2 aromatic carbocycles. The predicted octanol–water partition coefficient (Wildman–Crippen LogP) is 2.13. The molecule has 1 aromatic heterocycles. The lowest BCUT2D eigenvalue weighted by Gasteiger charge is -2.34. The van der Waals surface area contributed by atoms with Gasteiger partial charge in [-0.25, -0.2) is 4.39 Å². The molecule has 1 aliphatic heterocycles. The molecule has 10 heteroatoms. The van der Waals surface area contributed by atoms with Crippen molar-refractivity contribution in [1.82, 2.24) is 30.0 Å². The second-order valence-electron chi connectivity index (χ2n) is 8.32. The number of aryl methyl sites for hydroxylation is 2. The summed E-state index contributed by atoms with van der Waals surface area (Å²) in [7, 11) is 0. The van der Waals surface area contributed by atoms with Crippen LogP contribution < -0.4 is 5.32 Å². The molecule has 1 saturated heterocycles. The summed E-state index contributed by atoms with van der Waals surface area (Å²) in [6.45, 7) is 6.25. The molecular formula is C24H28FN7O2. The molecule has 0 bridgehead atoms. The average Bonchev–Trinajstić information content (AvgIpc) is 3.30. The highest BCUT2D eigenvalue weighted by molar-refractivity contribution is 5.93. The topological polar surface area (TPSA) is 96.2 Å². The van der Waals surface area contributed by atoms with Gasteiger partial charge in [0, 0.05) is 37.4 Å². The second kappa shape index (κ2) is 10.5. The van der Waals surface area contributed by atoms with Crippen LogP contribution in [0.3, 0.4) is 0 Å². The van der Waals surface area contributed by atoms with Crippen molar-refractivity contribution in [3.8, 4) is 11.4 Å². The fraction of sp³-hybridized carbons (Fsp3) is 0.375. The van der Waals surface area contributed by atoms with E-state index in [1.54, 1.807) is 24.0 Å². The number of hydrogen-bond acceptors (Lipinski definition) is 6. The van der Waals surface area contributed by atoms with Gasteiger partial charge in [-0.2, -0.15) is 4.80 Å². The minimum atomic E-state index is -0.297. The number of carbonyl (C=O) groups is 2. The summed E-state index contributed by atoms with van der Waals surface area (Å²) < 4.78 is 13.5. The van der Waals surface area contributed by atoms with Crippen LogP contribution in [0, 0.1) is 12.7 Å². The lowest BCUT2D eigenvalue weighted by atomic mass is 10.1. The monoisotopic (exact) mass is 465 g/mol. The van der Waals surface area contributed by atoms with Crippen LogP contribution in [0.2, 0.25) is 0 Å². The van der Waals surface area contributed by atoms with Crippen molar-refractivity contribution in [2.45, 2.75) is 26.8 Å². The van der Waals surface area contributed by atoms with Crippen LogP contribution in [0.4, 0.5) is 10.1 Å². The number of rotatable bonds is 7. The molecule has 3 aromatic rings. The lowest BCUT2D eigenvalue weighted by molar-refractivity contribution is -0.134. The molecule has 0 aliphatic carbocycles. The van der Waals surface area contributed by atoms with Crippen LogP contribution in [-0.4, -0.2) is 74.5 Å². The molecular weight excluding hydrogens is 437 g/mol. The van der Waals surface area contributed by atoms with Crippen LogP contribution in [0.25, 0.3) is 11.4 Å². The van der Waals surface area contributed by atoms with Crippen molar-refractivity contribution in [1.29, 1.82) is 0 Å². The van der Waals surface area contributed by atoms with Gasteiger partial charge in [0.15, 0.2) is 0 Å². The number of piperazine rings is 1. The van der Waals surface area contributed by atoms with Gasteiger partial charge in [-0.05, 0) is 54.0 Å². The van der Waals surface area contributed by atoms with Crippen molar-refractivity contribution in [2.75, 3.05) is 38.0 Å². The van der Waals surface area contributed by atoms with Crippen molar-refractivity contribution < 1.29 is 14.0 Å². The first-order valence-electron chi connectivity index (χ1n) is 11.3. The first kappa shape index (κ1) is 23.5. The van der Waals surface area contributed by atoms with Crippen molar-refractivity contribution in [3.05, 3.63) is 59.4 Å². The number of carbonyl (C=O) groups excluding carboxylic acids is 2. The molecule has 1 N–H and O–H groups in total. The maximum atomic E-state index is 13.5. The molecule has 178 valence electrons. The number of hydrogen-bond donors (Lipinski definition) is 1. The molecule has 0 saturated carbocycles. The minimum Gasteiger partial charge on any atom is -0.338 e. The van der Waals surface area contributed by atoms with E-state index in [1.807, 2.05) is 29.2 Å². The number of nitrogens with one attached hydrogen (secondary N) is 1. The fourth-order valence-corrected chi connectivity index (χ4v) is 3.93. The number of aromatic nitrogens is 4. The summed E-state index contributed by atoms with van der Waals surface area (Å²) in [5, 5.41) is 15.2. The Balaban J connectivity index is 1.26. The lowest BCUT2D eigenvalue weighted by Crippen LogP contribution is -2.51. The van der Waals surface area contributed by atoms with Gasteiger partial charge >= 0.3 is 0 Å². The molecule has 0 spiro atoms. The van der Waals surface area contributed by atoms with Crippen LogP contribution in [0.15, 0.2) is 42.5 Å². The molecule has 2 amide bonds. The molecule has 34 heavy (non-hydrogen) atoms. The Labute approximate surface area is 197 Å². The van der Waals surface area contributed by atoms with Gasteiger partial charge < -0.3 is 10.2 Å². The van der Waals surface area contributed by atoms with Gasteiger partial charge in [0.05, 0.1) is 6.54 Å². The maximum Gasteiger partial charge on any atom is 0.246 e. The van der Waals surface area contributed by atoms with Gasteiger partial charge in [0.1, 0.15) is 12.4 Å². The summed E-state index contributed by atoms with van der Waals surface area (Å²) in [6.07, 6.45) is 0.850. The smallest absolute Gasteiger partial charge is 0.246 e. The Morgan fingerprint density at radius 3 is 2.56 bits per heavy atom. The quantitative estimate of drug-likeness (QED) is 0.574. The zero-order valence-corrected chi connectivity index (χ0v) is 19.4. The van der Waals surface area contributed by atoms with Crippen molar-refractivity contribution in [3.63, 3.8) is 0 Å². The van der Waals surface area contributed by atoms with Crippen molar-refractivity contribution in [2.24, 2.45) is 0 Å². The Hall–Kier alpha value is -3.66. The van der Waals surface area contributed by atoms with Gasteiger partial charge in [0.2, 0.25) is 17.6 Å². The number of para-hydroxylation sites is 1. The Morgan fingerprint density at radius 2 is 1.82 bits per heavy atom. The highest BCUT2D eigenvalue weighted by Gasteiger charge is 2.23. The first-order chi connectivity index (χ1) is 16.4. The number of benzene rings is 2. The third kappa shape index (κ3) is 5.63. The van der Waals surface area contributed by atoms with Gasteiger partial charge in [-0.1, -0.05) is 25.1 Å². The molecule has 4 rings (SSSR count). The number of halogens is 1. The third-order valence-electron chi connectivity index (χ3n) is 5.91. The van der Waals surface area contributed by atoms with E-state index in [9.17, 15) is 14.0 Å². The zero-order chi connectivity index (χ0) is 24.1. The van der Waals surface area contributed by atoms with E-state index in [0.29, 0.717) is 43.1 Å². The van der Waals surface area contributed by atoms with E-state index in [2.05, 4.69) is 27.7 Å². The average molecular weight is 466 g/mol. The largest absolute Gasteiger partial charge is 0.338 e. The van der Waals surface area contributed by atoms with E-state index in [1.165, 1.54) is 10.9 Å². The summed E-state index contributed by atoms with van der Waals surface area (Å²) in [6, 6.07) is 12.4. The Kier molecular flexibility index (Phi) is 7.27. The molecule has 0 unspecified atom stereocenters. The molecule has 9 nitrogen and oxygen atoms in total. The van der Waals surface area contributed by atoms with E-state index < -0.39 is 0 Å². The van der Waals surface area contributed by atoms with E-state index in [0.717, 1.165) is 17.7 Å². The third-order valence-corrected chi connectivity index (χ3v) is 5.91. The Morgan fingerprint density at radius 1 is 1.06 bits per heavy atom. The maximum absolute atomic E-state index is 13.5.